The zero-order chi connectivity index (χ0) is 12.8. The van der Waals surface area contributed by atoms with Crippen LogP contribution in [0.25, 0.3) is 0 Å². The molecule has 0 amide bonds. The molecule has 0 saturated carbocycles. The Bertz CT molecular complexity index is 398. The van der Waals surface area contributed by atoms with Crippen LogP contribution < -0.4 is 5.32 Å². The summed E-state index contributed by atoms with van der Waals surface area (Å²) < 4.78 is 25.9. The highest BCUT2D eigenvalue weighted by molar-refractivity contribution is 5.67. The molecule has 0 spiro atoms. The molecule has 0 aliphatic rings. The van der Waals surface area contributed by atoms with Crippen LogP contribution in [-0.4, -0.2) is 28.8 Å². The summed E-state index contributed by atoms with van der Waals surface area (Å²) in [6.07, 6.45) is -1.44. The van der Waals surface area contributed by atoms with Crippen LogP contribution in [0.1, 0.15) is 12.0 Å². The smallest absolute Gasteiger partial charge is 0.306 e. The van der Waals surface area contributed by atoms with E-state index in [1.807, 2.05) is 0 Å². The summed E-state index contributed by atoms with van der Waals surface area (Å²) >= 11 is 0. The van der Waals surface area contributed by atoms with E-state index in [2.05, 4.69) is 5.32 Å². The lowest BCUT2D eigenvalue weighted by Crippen LogP contribution is -2.28. The van der Waals surface area contributed by atoms with Gasteiger partial charge in [-0.05, 0) is 18.2 Å². The maximum atomic E-state index is 13.1. The minimum Gasteiger partial charge on any atom is -0.481 e. The van der Waals surface area contributed by atoms with Crippen LogP contribution in [0.15, 0.2) is 18.2 Å². The van der Waals surface area contributed by atoms with Gasteiger partial charge in [0.2, 0.25) is 0 Å². The van der Waals surface area contributed by atoms with Crippen LogP contribution in [0.5, 0.6) is 0 Å². The third-order valence-corrected chi connectivity index (χ3v) is 2.11. The highest BCUT2D eigenvalue weighted by atomic mass is 19.1. The Morgan fingerprint density at radius 2 is 2.12 bits per heavy atom. The second-order valence-corrected chi connectivity index (χ2v) is 3.62. The number of nitrogens with one attached hydrogen (secondary N) is 1. The quantitative estimate of drug-likeness (QED) is 0.696. The summed E-state index contributed by atoms with van der Waals surface area (Å²) in [5, 5.41) is 20.2. The molecule has 1 aromatic carbocycles. The molecule has 6 heteroatoms. The Hall–Kier alpha value is -1.53. The number of carbonyl (C=O) groups is 1. The minimum atomic E-state index is -1.11. The van der Waals surface area contributed by atoms with Crippen molar-refractivity contribution in [2.75, 3.05) is 6.54 Å². The first-order valence-corrected chi connectivity index (χ1v) is 5.03. The fraction of sp³-hybridized carbons (Fsp3) is 0.364. The SMILES string of the molecule is O=C(O)CC(O)CNCc1cc(F)ccc1F. The van der Waals surface area contributed by atoms with Gasteiger partial charge in [-0.15, -0.1) is 0 Å². The summed E-state index contributed by atoms with van der Waals surface area (Å²) in [6.45, 7) is 0.0303. The molecule has 3 N–H and O–H groups in total. The van der Waals surface area contributed by atoms with E-state index in [1.165, 1.54) is 0 Å². The topological polar surface area (TPSA) is 69.6 Å². The van der Waals surface area contributed by atoms with Crippen LogP contribution in [0, 0.1) is 11.6 Å². The van der Waals surface area contributed by atoms with Crippen molar-refractivity contribution in [3.8, 4) is 0 Å². The van der Waals surface area contributed by atoms with E-state index in [1.54, 1.807) is 0 Å². The maximum Gasteiger partial charge on any atom is 0.306 e. The van der Waals surface area contributed by atoms with Crippen molar-refractivity contribution in [2.45, 2.75) is 19.1 Å². The second kappa shape index (κ2) is 6.27. The number of hydrogen-bond acceptors (Lipinski definition) is 3. The van der Waals surface area contributed by atoms with Gasteiger partial charge >= 0.3 is 5.97 Å². The van der Waals surface area contributed by atoms with Crippen molar-refractivity contribution in [1.82, 2.24) is 5.32 Å². The summed E-state index contributed by atoms with van der Waals surface area (Å²) in [5.41, 5.74) is 0.132. The van der Waals surface area contributed by atoms with E-state index in [0.717, 1.165) is 18.2 Å². The molecular formula is C11H13F2NO3. The standard InChI is InChI=1S/C11H13F2NO3/c12-8-1-2-10(13)7(3-8)5-14-6-9(15)4-11(16)17/h1-3,9,14-15H,4-6H2,(H,16,17). The molecule has 0 aromatic heterocycles. The molecule has 0 saturated heterocycles. The molecule has 1 aromatic rings. The van der Waals surface area contributed by atoms with Gasteiger partial charge in [0.1, 0.15) is 11.6 Å². The fourth-order valence-electron chi connectivity index (χ4n) is 1.33. The van der Waals surface area contributed by atoms with Gasteiger partial charge in [-0.1, -0.05) is 0 Å². The van der Waals surface area contributed by atoms with Crippen molar-refractivity contribution in [3.63, 3.8) is 0 Å². The summed E-state index contributed by atoms with van der Waals surface area (Å²) in [6, 6.07) is 3.07. The van der Waals surface area contributed by atoms with Crippen molar-refractivity contribution < 1.29 is 23.8 Å². The average Bonchev–Trinajstić information content (AvgIpc) is 2.22. The molecule has 0 fully saturated rings. The fourth-order valence-corrected chi connectivity index (χ4v) is 1.33. The molecule has 0 aliphatic heterocycles. The number of hydrogen-bond donors (Lipinski definition) is 3. The highest BCUT2D eigenvalue weighted by Crippen LogP contribution is 2.09. The normalized spacial score (nSPS) is 12.4. The lowest BCUT2D eigenvalue weighted by Gasteiger charge is -2.10. The number of halogens is 2. The van der Waals surface area contributed by atoms with Crippen molar-refractivity contribution in [3.05, 3.63) is 35.4 Å². The van der Waals surface area contributed by atoms with Gasteiger partial charge in [0.05, 0.1) is 12.5 Å². The molecule has 94 valence electrons. The third kappa shape index (κ3) is 4.88. The predicted octanol–water partition coefficient (Wildman–Crippen LogP) is 0.890. The van der Waals surface area contributed by atoms with E-state index in [9.17, 15) is 18.7 Å². The molecule has 0 bridgehead atoms. The minimum absolute atomic E-state index is 0.00224. The number of aliphatic hydroxyl groups is 1. The Kier molecular flexibility index (Phi) is 4.99. The van der Waals surface area contributed by atoms with Gasteiger partial charge in [-0.2, -0.15) is 0 Å². The first-order valence-electron chi connectivity index (χ1n) is 5.03. The first kappa shape index (κ1) is 13.5. The van der Waals surface area contributed by atoms with Crippen molar-refractivity contribution >= 4 is 5.97 Å². The van der Waals surface area contributed by atoms with Gasteiger partial charge < -0.3 is 15.5 Å². The van der Waals surface area contributed by atoms with Gasteiger partial charge in [0.15, 0.2) is 0 Å². The van der Waals surface area contributed by atoms with E-state index < -0.39 is 30.1 Å². The maximum absolute atomic E-state index is 13.1. The number of aliphatic hydroxyl groups excluding tert-OH is 1. The number of carboxylic acids is 1. The van der Waals surface area contributed by atoms with Crippen LogP contribution in [0.4, 0.5) is 8.78 Å². The van der Waals surface area contributed by atoms with Gasteiger partial charge in [0, 0.05) is 18.7 Å². The van der Waals surface area contributed by atoms with Gasteiger partial charge in [-0.3, -0.25) is 4.79 Å². The van der Waals surface area contributed by atoms with Crippen LogP contribution in [0.3, 0.4) is 0 Å². The molecule has 0 heterocycles. The van der Waals surface area contributed by atoms with Crippen LogP contribution >= 0.6 is 0 Å². The Labute approximate surface area is 96.9 Å². The monoisotopic (exact) mass is 245 g/mol. The molecule has 1 atom stereocenters. The molecule has 1 unspecified atom stereocenters. The molecule has 4 nitrogen and oxygen atoms in total. The first-order chi connectivity index (χ1) is 7.99. The van der Waals surface area contributed by atoms with E-state index in [0.29, 0.717) is 0 Å². The zero-order valence-corrected chi connectivity index (χ0v) is 8.99. The van der Waals surface area contributed by atoms with Crippen LogP contribution in [0.2, 0.25) is 0 Å². The number of rotatable bonds is 6. The van der Waals surface area contributed by atoms with E-state index >= 15 is 0 Å². The largest absolute Gasteiger partial charge is 0.481 e. The van der Waals surface area contributed by atoms with Crippen LogP contribution in [-0.2, 0) is 11.3 Å². The summed E-state index contributed by atoms with van der Waals surface area (Å²) in [7, 11) is 0. The number of carboxylic acid groups (broad SMARTS) is 1. The lowest BCUT2D eigenvalue weighted by atomic mass is 10.2. The van der Waals surface area contributed by atoms with E-state index in [-0.39, 0.29) is 18.7 Å². The molecule has 1 rings (SSSR count). The number of benzene rings is 1. The third-order valence-electron chi connectivity index (χ3n) is 2.11. The average molecular weight is 245 g/mol. The second-order valence-electron chi connectivity index (χ2n) is 3.62. The Morgan fingerprint density at radius 3 is 2.76 bits per heavy atom. The van der Waals surface area contributed by atoms with E-state index in [4.69, 9.17) is 5.11 Å². The summed E-state index contributed by atoms with van der Waals surface area (Å²) in [4.78, 5) is 10.2. The van der Waals surface area contributed by atoms with Gasteiger partial charge in [-0.25, -0.2) is 8.78 Å². The predicted molar refractivity (Wildman–Crippen MR) is 56.3 cm³/mol. The highest BCUT2D eigenvalue weighted by Gasteiger charge is 2.09. The lowest BCUT2D eigenvalue weighted by molar-refractivity contribution is -0.139. The summed E-state index contributed by atoms with van der Waals surface area (Å²) in [5.74, 6) is -2.21. The zero-order valence-electron chi connectivity index (χ0n) is 8.99. The Balaban J connectivity index is 2.40. The molecule has 0 aliphatic carbocycles. The molecule has 17 heavy (non-hydrogen) atoms. The Morgan fingerprint density at radius 1 is 1.41 bits per heavy atom. The van der Waals surface area contributed by atoms with Crippen molar-refractivity contribution in [2.24, 2.45) is 0 Å². The number of aliphatic carboxylic acids is 1. The molecular weight excluding hydrogens is 232 g/mol. The van der Waals surface area contributed by atoms with Crippen molar-refractivity contribution in [1.29, 1.82) is 0 Å². The van der Waals surface area contributed by atoms with Gasteiger partial charge in [0.25, 0.3) is 0 Å². The molecule has 0 radical (unpaired) electrons.